The number of quaternary nitrogens is 1. The van der Waals surface area contributed by atoms with Crippen LogP contribution in [0.3, 0.4) is 0 Å². The fourth-order valence-electron chi connectivity index (χ4n) is 6.66. The van der Waals surface area contributed by atoms with Gasteiger partial charge in [0.15, 0.2) is 0 Å². The number of allylic oxidation sites excluding steroid dienone is 1. The molecule has 0 spiro atoms. The van der Waals surface area contributed by atoms with E-state index in [1.54, 1.807) is 0 Å². The Morgan fingerprint density at radius 2 is 1.61 bits per heavy atom. The predicted molar refractivity (Wildman–Crippen MR) is 120 cm³/mol. The molecule has 1 N–H and O–H groups in total. The fraction of sp³-hybridized carbons (Fsp3) is 0.846. The van der Waals surface area contributed by atoms with Gasteiger partial charge in [0.05, 0.1) is 32.3 Å². The van der Waals surface area contributed by atoms with Gasteiger partial charge in [-0.3, -0.25) is 0 Å². The van der Waals surface area contributed by atoms with E-state index in [9.17, 15) is 5.11 Å². The van der Waals surface area contributed by atoms with E-state index >= 15 is 0 Å². The molecule has 2 unspecified atom stereocenters. The summed E-state index contributed by atoms with van der Waals surface area (Å²) in [5.74, 6) is 1.78. The maximum atomic E-state index is 10.9. The molecule has 0 aromatic carbocycles. The van der Waals surface area contributed by atoms with Crippen LogP contribution >= 0.6 is 0 Å². The van der Waals surface area contributed by atoms with Gasteiger partial charge in [0.1, 0.15) is 0 Å². The van der Waals surface area contributed by atoms with Crippen LogP contribution in [0.4, 0.5) is 0 Å². The van der Waals surface area contributed by atoms with E-state index in [4.69, 9.17) is 0 Å². The van der Waals surface area contributed by atoms with Crippen molar-refractivity contribution in [3.05, 3.63) is 25.3 Å². The Balaban J connectivity index is 1.55. The molecule has 2 aliphatic carbocycles. The monoisotopic (exact) mass is 388 g/mol. The van der Waals surface area contributed by atoms with Crippen molar-refractivity contribution in [1.82, 2.24) is 0 Å². The summed E-state index contributed by atoms with van der Waals surface area (Å²) in [6, 6.07) is 0. The summed E-state index contributed by atoms with van der Waals surface area (Å²) < 4.78 is 1.17. The molecular weight excluding hydrogens is 342 g/mol. The second-order valence-electron chi connectivity index (χ2n) is 10.4. The Morgan fingerprint density at radius 3 is 2.21 bits per heavy atom. The van der Waals surface area contributed by atoms with Gasteiger partial charge in [-0.15, -0.1) is 6.58 Å². The largest absolute Gasteiger partial charge is 0.393 e. The van der Waals surface area contributed by atoms with Crippen molar-refractivity contribution in [1.29, 1.82) is 0 Å². The molecule has 1 aliphatic heterocycles. The van der Waals surface area contributed by atoms with E-state index in [1.165, 1.54) is 94.6 Å². The van der Waals surface area contributed by atoms with Crippen LogP contribution in [0.5, 0.6) is 0 Å². The van der Waals surface area contributed by atoms with E-state index < -0.39 is 0 Å². The minimum absolute atomic E-state index is 0.121. The average molecular weight is 389 g/mol. The van der Waals surface area contributed by atoms with Crippen molar-refractivity contribution in [2.45, 2.75) is 96.0 Å². The Bertz CT molecular complexity index is 483. The first kappa shape index (κ1) is 22.1. The van der Waals surface area contributed by atoms with Gasteiger partial charge in [-0.25, -0.2) is 0 Å². The van der Waals surface area contributed by atoms with Crippen molar-refractivity contribution in [2.75, 3.05) is 26.2 Å². The van der Waals surface area contributed by atoms with E-state index in [-0.39, 0.29) is 6.10 Å². The van der Waals surface area contributed by atoms with Crippen LogP contribution in [0.15, 0.2) is 25.3 Å². The zero-order chi connectivity index (χ0) is 19.9. The molecule has 2 atom stereocenters. The summed E-state index contributed by atoms with van der Waals surface area (Å²) in [4.78, 5) is 0. The number of piperidine rings is 1. The van der Waals surface area contributed by atoms with Crippen molar-refractivity contribution in [2.24, 2.45) is 17.3 Å². The van der Waals surface area contributed by atoms with Gasteiger partial charge in [0.25, 0.3) is 0 Å². The van der Waals surface area contributed by atoms with Gasteiger partial charge in [-0.1, -0.05) is 31.9 Å². The van der Waals surface area contributed by atoms with E-state index in [0.717, 1.165) is 37.8 Å². The summed E-state index contributed by atoms with van der Waals surface area (Å²) in [6.45, 7) is 12.9. The quantitative estimate of drug-likeness (QED) is 0.309. The predicted octanol–water partition coefficient (Wildman–Crippen LogP) is 6.26. The molecule has 0 aromatic rings. The third-order valence-corrected chi connectivity index (χ3v) is 8.44. The Morgan fingerprint density at radius 1 is 0.929 bits per heavy atom. The smallest absolute Gasteiger partial charge is 0.0971 e. The third-order valence-electron chi connectivity index (χ3n) is 8.44. The molecule has 2 saturated carbocycles. The van der Waals surface area contributed by atoms with Crippen molar-refractivity contribution in [3.63, 3.8) is 0 Å². The Hall–Kier alpha value is -0.600. The SMILES string of the molecule is C=CCC(C1CC1)C1(CCC(O)CC[N+]2(CC=C)CCCCC2)CCCCC1. The second kappa shape index (κ2) is 10.4. The van der Waals surface area contributed by atoms with Gasteiger partial charge >= 0.3 is 0 Å². The standard InChI is InChI=1S/C26H46NO/c1-3-11-25(23-12-13-23)26(16-7-5-8-17-26)18-14-24(28)15-22-27(19-4-2)20-9-6-10-21-27/h3-4,23-25,28H,1-2,5-22H2/q+1. The number of aliphatic hydroxyl groups is 1. The molecule has 2 heteroatoms. The maximum Gasteiger partial charge on any atom is 0.0971 e. The van der Waals surface area contributed by atoms with Crippen LogP contribution in [-0.2, 0) is 0 Å². The lowest BCUT2D eigenvalue weighted by Gasteiger charge is -2.45. The molecule has 3 aliphatic rings. The zero-order valence-corrected chi connectivity index (χ0v) is 18.4. The first-order valence-corrected chi connectivity index (χ1v) is 12.4. The summed E-state index contributed by atoms with van der Waals surface area (Å²) >= 11 is 0. The lowest BCUT2D eigenvalue weighted by molar-refractivity contribution is -0.927. The van der Waals surface area contributed by atoms with Crippen molar-refractivity contribution >= 4 is 0 Å². The molecule has 0 radical (unpaired) electrons. The van der Waals surface area contributed by atoms with Gasteiger partial charge in [0, 0.05) is 6.42 Å². The van der Waals surface area contributed by atoms with E-state index in [0.29, 0.717) is 5.41 Å². The maximum absolute atomic E-state index is 10.9. The number of rotatable bonds is 12. The summed E-state index contributed by atoms with van der Waals surface area (Å²) in [5.41, 5.74) is 0.493. The number of likely N-dealkylation sites (tertiary alicyclic amines) is 1. The highest BCUT2D eigenvalue weighted by molar-refractivity contribution is 4.98. The molecule has 3 rings (SSSR count). The molecule has 2 nitrogen and oxygen atoms in total. The molecule has 1 saturated heterocycles. The lowest BCUT2D eigenvalue weighted by Crippen LogP contribution is -2.52. The van der Waals surface area contributed by atoms with E-state index in [2.05, 4.69) is 25.3 Å². The Labute approximate surface area is 174 Å². The highest BCUT2D eigenvalue weighted by Gasteiger charge is 2.46. The van der Waals surface area contributed by atoms with Gasteiger partial charge in [-0.05, 0) is 87.5 Å². The molecule has 0 aromatic heterocycles. The third kappa shape index (κ3) is 5.72. The Kier molecular flexibility index (Phi) is 8.23. The fourth-order valence-corrected chi connectivity index (χ4v) is 6.66. The molecule has 1 heterocycles. The minimum Gasteiger partial charge on any atom is -0.393 e. The zero-order valence-electron chi connectivity index (χ0n) is 18.4. The van der Waals surface area contributed by atoms with Crippen LogP contribution < -0.4 is 0 Å². The molecular formula is C26H46NO+. The minimum atomic E-state index is -0.121. The van der Waals surface area contributed by atoms with Crippen LogP contribution in [0.25, 0.3) is 0 Å². The first-order chi connectivity index (χ1) is 13.6. The highest BCUT2D eigenvalue weighted by atomic mass is 16.3. The van der Waals surface area contributed by atoms with Crippen molar-refractivity contribution < 1.29 is 9.59 Å². The molecule has 0 bridgehead atoms. The van der Waals surface area contributed by atoms with E-state index in [1.807, 2.05) is 0 Å². The van der Waals surface area contributed by atoms with Gasteiger partial charge in [0.2, 0.25) is 0 Å². The summed E-state index contributed by atoms with van der Waals surface area (Å²) in [5, 5.41) is 10.9. The molecule has 3 fully saturated rings. The molecule has 28 heavy (non-hydrogen) atoms. The number of nitrogens with zero attached hydrogens (tertiary/aromatic N) is 1. The highest BCUT2D eigenvalue weighted by Crippen LogP contribution is 2.56. The summed E-state index contributed by atoms with van der Waals surface area (Å²) in [7, 11) is 0. The topological polar surface area (TPSA) is 20.2 Å². The van der Waals surface area contributed by atoms with Crippen molar-refractivity contribution in [3.8, 4) is 0 Å². The normalized spacial score (nSPS) is 26.3. The average Bonchev–Trinajstić information content (AvgIpc) is 3.56. The van der Waals surface area contributed by atoms with Gasteiger partial charge < -0.3 is 9.59 Å². The molecule has 0 amide bonds. The summed E-state index contributed by atoms with van der Waals surface area (Å²) in [6.07, 6.45) is 22.5. The number of hydrogen-bond donors (Lipinski definition) is 1. The number of aliphatic hydroxyl groups excluding tert-OH is 1. The first-order valence-electron chi connectivity index (χ1n) is 12.4. The van der Waals surface area contributed by atoms with Crippen LogP contribution in [0.1, 0.15) is 89.9 Å². The lowest BCUT2D eigenvalue weighted by atomic mass is 9.60. The second-order valence-corrected chi connectivity index (χ2v) is 10.4. The van der Waals surface area contributed by atoms with Crippen LogP contribution in [-0.4, -0.2) is 41.9 Å². The molecule has 160 valence electrons. The van der Waals surface area contributed by atoms with Crippen LogP contribution in [0, 0.1) is 17.3 Å². The number of hydrogen-bond acceptors (Lipinski definition) is 1. The van der Waals surface area contributed by atoms with Crippen LogP contribution in [0.2, 0.25) is 0 Å². The van der Waals surface area contributed by atoms with Gasteiger partial charge in [-0.2, -0.15) is 0 Å².